The summed E-state index contributed by atoms with van der Waals surface area (Å²) >= 11 is 5.99. The maximum absolute atomic E-state index is 12.1. The van der Waals surface area contributed by atoms with Crippen molar-refractivity contribution >= 4 is 23.2 Å². The monoisotopic (exact) mass is 284 g/mol. The SMILES string of the molecule is CCC(CC)(CO)CNC(=O)c1c(N)cccc1Cl. The number of rotatable bonds is 6. The minimum absolute atomic E-state index is 0.0400. The number of anilines is 1. The van der Waals surface area contributed by atoms with E-state index in [1.165, 1.54) is 0 Å². The summed E-state index contributed by atoms with van der Waals surface area (Å²) in [5.41, 5.74) is 6.13. The van der Waals surface area contributed by atoms with E-state index < -0.39 is 0 Å². The Kier molecular flexibility index (Phi) is 5.63. The minimum Gasteiger partial charge on any atom is -0.398 e. The van der Waals surface area contributed by atoms with E-state index in [4.69, 9.17) is 17.3 Å². The van der Waals surface area contributed by atoms with Gasteiger partial charge in [-0.05, 0) is 25.0 Å². The number of hydrogen-bond donors (Lipinski definition) is 3. The fraction of sp³-hybridized carbons (Fsp3) is 0.500. The number of carbonyl (C=O) groups is 1. The van der Waals surface area contributed by atoms with Gasteiger partial charge >= 0.3 is 0 Å². The van der Waals surface area contributed by atoms with Crippen LogP contribution in [0.4, 0.5) is 5.69 Å². The first kappa shape index (κ1) is 15.8. The van der Waals surface area contributed by atoms with Gasteiger partial charge in [0.2, 0.25) is 0 Å². The molecule has 0 aliphatic heterocycles. The van der Waals surface area contributed by atoms with Crippen LogP contribution in [0.1, 0.15) is 37.0 Å². The van der Waals surface area contributed by atoms with Gasteiger partial charge in [0.05, 0.1) is 17.2 Å². The van der Waals surface area contributed by atoms with Crippen molar-refractivity contribution in [3.63, 3.8) is 0 Å². The lowest BCUT2D eigenvalue weighted by Crippen LogP contribution is -2.39. The van der Waals surface area contributed by atoms with Gasteiger partial charge in [-0.15, -0.1) is 0 Å². The molecule has 0 aromatic heterocycles. The number of hydrogen-bond acceptors (Lipinski definition) is 3. The molecule has 0 atom stereocenters. The molecule has 1 amide bonds. The topological polar surface area (TPSA) is 75.3 Å². The summed E-state index contributed by atoms with van der Waals surface area (Å²) in [5.74, 6) is -0.303. The molecule has 4 nitrogen and oxygen atoms in total. The average Bonchev–Trinajstić information content (AvgIpc) is 2.41. The van der Waals surface area contributed by atoms with Gasteiger partial charge in [0.15, 0.2) is 0 Å². The van der Waals surface area contributed by atoms with Crippen LogP contribution >= 0.6 is 11.6 Å². The van der Waals surface area contributed by atoms with Crippen LogP contribution in [0.5, 0.6) is 0 Å². The molecule has 0 aliphatic rings. The second kappa shape index (κ2) is 6.78. The molecule has 0 bridgehead atoms. The van der Waals surface area contributed by atoms with Gasteiger partial charge in [-0.1, -0.05) is 31.5 Å². The number of nitrogen functional groups attached to an aromatic ring is 1. The van der Waals surface area contributed by atoms with Crippen LogP contribution in [0, 0.1) is 5.41 Å². The fourth-order valence-corrected chi connectivity index (χ4v) is 2.18. The molecule has 0 aliphatic carbocycles. The van der Waals surface area contributed by atoms with Crippen LogP contribution in [-0.4, -0.2) is 24.2 Å². The molecule has 0 saturated heterocycles. The Morgan fingerprint density at radius 1 is 1.42 bits per heavy atom. The van der Waals surface area contributed by atoms with Crippen LogP contribution in [0.2, 0.25) is 5.02 Å². The quantitative estimate of drug-likeness (QED) is 0.702. The molecule has 5 heteroatoms. The highest BCUT2D eigenvalue weighted by atomic mass is 35.5. The van der Waals surface area contributed by atoms with Crippen molar-refractivity contribution < 1.29 is 9.90 Å². The van der Waals surface area contributed by atoms with Crippen LogP contribution in [0.15, 0.2) is 18.2 Å². The number of aliphatic hydroxyl groups is 1. The summed E-state index contributed by atoms with van der Waals surface area (Å²) in [5, 5.41) is 12.6. The molecular formula is C14H21ClN2O2. The predicted octanol–water partition coefficient (Wildman–Crippen LogP) is 2.45. The van der Waals surface area contributed by atoms with Crippen molar-refractivity contribution in [2.45, 2.75) is 26.7 Å². The standard InChI is InChI=1S/C14H21ClN2O2/c1-3-14(4-2,9-18)8-17-13(19)12-10(15)6-5-7-11(12)16/h5-7,18H,3-4,8-9,16H2,1-2H3,(H,17,19). The third kappa shape index (κ3) is 3.61. The molecule has 0 spiro atoms. The van der Waals surface area contributed by atoms with Gasteiger partial charge in [0.1, 0.15) is 0 Å². The molecule has 0 fully saturated rings. The maximum Gasteiger partial charge on any atom is 0.254 e. The third-order valence-electron chi connectivity index (χ3n) is 3.73. The molecule has 0 saturated carbocycles. The average molecular weight is 285 g/mol. The number of amides is 1. The Morgan fingerprint density at radius 2 is 2.05 bits per heavy atom. The molecule has 1 aromatic rings. The van der Waals surface area contributed by atoms with Crippen molar-refractivity contribution in [2.24, 2.45) is 5.41 Å². The zero-order valence-corrected chi connectivity index (χ0v) is 12.1. The Balaban J connectivity index is 2.81. The molecule has 1 aromatic carbocycles. The summed E-state index contributed by atoms with van der Waals surface area (Å²) in [4.78, 5) is 12.1. The lowest BCUT2D eigenvalue weighted by atomic mass is 9.83. The first-order valence-corrected chi connectivity index (χ1v) is 6.80. The van der Waals surface area contributed by atoms with Crippen molar-refractivity contribution in [1.82, 2.24) is 5.32 Å². The molecule has 0 heterocycles. The van der Waals surface area contributed by atoms with E-state index in [1.807, 2.05) is 13.8 Å². The van der Waals surface area contributed by atoms with E-state index in [2.05, 4.69) is 5.32 Å². The molecule has 1 rings (SSSR count). The Hall–Kier alpha value is -1.26. The van der Waals surface area contributed by atoms with E-state index in [-0.39, 0.29) is 17.9 Å². The highest BCUT2D eigenvalue weighted by Gasteiger charge is 2.26. The second-order valence-electron chi connectivity index (χ2n) is 4.75. The number of benzene rings is 1. The van der Waals surface area contributed by atoms with E-state index in [9.17, 15) is 9.90 Å². The summed E-state index contributed by atoms with van der Waals surface area (Å²) in [6, 6.07) is 4.97. The number of nitrogens with one attached hydrogen (secondary N) is 1. The van der Waals surface area contributed by atoms with E-state index in [0.717, 1.165) is 12.8 Å². The van der Waals surface area contributed by atoms with Crippen LogP contribution in [0.3, 0.4) is 0 Å². The molecule has 0 radical (unpaired) electrons. The normalized spacial score (nSPS) is 11.4. The number of halogens is 1. The van der Waals surface area contributed by atoms with Crippen LogP contribution in [0.25, 0.3) is 0 Å². The number of aliphatic hydroxyl groups excluding tert-OH is 1. The van der Waals surface area contributed by atoms with Gasteiger partial charge < -0.3 is 16.2 Å². The molecule has 0 unspecified atom stereocenters. The Bertz CT molecular complexity index is 417. The summed E-state index contributed by atoms with van der Waals surface area (Å²) in [6.45, 7) is 4.43. The summed E-state index contributed by atoms with van der Waals surface area (Å²) in [7, 11) is 0. The molecule has 106 valence electrons. The highest BCUT2D eigenvalue weighted by molar-refractivity contribution is 6.34. The highest BCUT2D eigenvalue weighted by Crippen LogP contribution is 2.26. The van der Waals surface area contributed by atoms with Crippen molar-refractivity contribution in [3.05, 3.63) is 28.8 Å². The zero-order valence-electron chi connectivity index (χ0n) is 11.4. The van der Waals surface area contributed by atoms with E-state index in [0.29, 0.717) is 22.8 Å². The lowest BCUT2D eigenvalue weighted by molar-refractivity contribution is 0.0852. The van der Waals surface area contributed by atoms with Crippen molar-refractivity contribution in [2.75, 3.05) is 18.9 Å². The van der Waals surface area contributed by atoms with Gasteiger partial charge in [-0.25, -0.2) is 0 Å². The summed E-state index contributed by atoms with van der Waals surface area (Å²) in [6.07, 6.45) is 1.58. The first-order valence-electron chi connectivity index (χ1n) is 6.42. The first-order chi connectivity index (χ1) is 8.99. The summed E-state index contributed by atoms with van der Waals surface area (Å²) < 4.78 is 0. The van der Waals surface area contributed by atoms with Crippen LogP contribution < -0.4 is 11.1 Å². The van der Waals surface area contributed by atoms with Crippen LogP contribution in [-0.2, 0) is 0 Å². The smallest absolute Gasteiger partial charge is 0.254 e. The minimum atomic E-state index is -0.303. The van der Waals surface area contributed by atoms with Gasteiger partial charge in [0, 0.05) is 17.6 Å². The Labute approximate surface area is 118 Å². The number of carbonyl (C=O) groups excluding carboxylic acids is 1. The van der Waals surface area contributed by atoms with Gasteiger partial charge in [0.25, 0.3) is 5.91 Å². The zero-order chi connectivity index (χ0) is 14.5. The Morgan fingerprint density at radius 3 is 2.53 bits per heavy atom. The number of nitrogens with two attached hydrogens (primary N) is 1. The second-order valence-corrected chi connectivity index (χ2v) is 5.16. The van der Waals surface area contributed by atoms with Gasteiger partial charge in [-0.2, -0.15) is 0 Å². The van der Waals surface area contributed by atoms with Crippen molar-refractivity contribution in [3.8, 4) is 0 Å². The van der Waals surface area contributed by atoms with Crippen molar-refractivity contribution in [1.29, 1.82) is 0 Å². The molecular weight excluding hydrogens is 264 g/mol. The maximum atomic E-state index is 12.1. The molecule has 19 heavy (non-hydrogen) atoms. The van der Waals surface area contributed by atoms with Gasteiger partial charge in [-0.3, -0.25) is 4.79 Å². The molecule has 4 N–H and O–H groups in total. The van der Waals surface area contributed by atoms with E-state index in [1.54, 1.807) is 18.2 Å². The predicted molar refractivity (Wildman–Crippen MR) is 78.3 cm³/mol. The third-order valence-corrected chi connectivity index (χ3v) is 4.05. The van der Waals surface area contributed by atoms with E-state index >= 15 is 0 Å². The lowest BCUT2D eigenvalue weighted by Gasteiger charge is -2.29. The largest absolute Gasteiger partial charge is 0.398 e. The fourth-order valence-electron chi connectivity index (χ4n) is 1.92.